The number of hydrogen-bond acceptors (Lipinski definition) is 4. The van der Waals surface area contributed by atoms with Crippen LogP contribution in [0.25, 0.3) is 0 Å². The van der Waals surface area contributed by atoms with Crippen LogP contribution in [-0.2, 0) is 0 Å². The molecule has 6 heteroatoms. The number of carbonyl (C=O) groups is 2. The van der Waals surface area contributed by atoms with Crippen LogP contribution in [0.2, 0.25) is 0 Å². The highest BCUT2D eigenvalue weighted by atomic mass is 16.2. The third-order valence-electron chi connectivity index (χ3n) is 4.27. The Morgan fingerprint density at radius 2 is 1.76 bits per heavy atom. The second kappa shape index (κ2) is 5.83. The standard InChI is InChI=1S/C15H20N4O2/c16-14(20)11-2-1-3-12(8-11)15(21)19-6-4-18(5-7-19)13-9-17-10-13/h1-3,8,13,17H,4-7,9-10H2,(H2,16,20). The summed E-state index contributed by atoms with van der Waals surface area (Å²) in [4.78, 5) is 28.0. The molecule has 2 fully saturated rings. The fourth-order valence-corrected chi connectivity index (χ4v) is 2.81. The van der Waals surface area contributed by atoms with Crippen LogP contribution < -0.4 is 11.1 Å². The van der Waals surface area contributed by atoms with Crippen molar-refractivity contribution >= 4 is 11.8 Å². The van der Waals surface area contributed by atoms with E-state index in [-0.39, 0.29) is 5.91 Å². The van der Waals surface area contributed by atoms with Gasteiger partial charge in [-0.15, -0.1) is 0 Å². The number of piperazine rings is 1. The Hall–Kier alpha value is -1.92. The molecular weight excluding hydrogens is 268 g/mol. The van der Waals surface area contributed by atoms with Crippen LogP contribution in [0.15, 0.2) is 24.3 Å². The maximum atomic E-state index is 12.5. The van der Waals surface area contributed by atoms with Gasteiger partial charge in [0.2, 0.25) is 5.91 Å². The Morgan fingerprint density at radius 1 is 1.10 bits per heavy atom. The Kier molecular flexibility index (Phi) is 3.90. The minimum Gasteiger partial charge on any atom is -0.366 e. The molecule has 0 saturated carbocycles. The maximum absolute atomic E-state index is 12.5. The van der Waals surface area contributed by atoms with E-state index in [9.17, 15) is 9.59 Å². The Balaban J connectivity index is 1.63. The summed E-state index contributed by atoms with van der Waals surface area (Å²) >= 11 is 0. The van der Waals surface area contributed by atoms with Crippen molar-refractivity contribution in [2.45, 2.75) is 6.04 Å². The van der Waals surface area contributed by atoms with Crippen molar-refractivity contribution in [1.82, 2.24) is 15.1 Å². The third-order valence-corrected chi connectivity index (χ3v) is 4.27. The van der Waals surface area contributed by atoms with Crippen LogP contribution in [0, 0.1) is 0 Å². The van der Waals surface area contributed by atoms with Crippen LogP contribution in [0.4, 0.5) is 0 Å². The number of primary amides is 1. The van der Waals surface area contributed by atoms with Crippen molar-refractivity contribution in [3.8, 4) is 0 Å². The fraction of sp³-hybridized carbons (Fsp3) is 0.467. The number of nitrogens with two attached hydrogens (primary N) is 1. The van der Waals surface area contributed by atoms with Crippen molar-refractivity contribution in [2.75, 3.05) is 39.3 Å². The molecule has 0 radical (unpaired) electrons. The molecule has 2 saturated heterocycles. The molecule has 0 unspecified atom stereocenters. The lowest BCUT2D eigenvalue weighted by Crippen LogP contribution is -2.62. The first kappa shape index (κ1) is 14.0. The highest BCUT2D eigenvalue weighted by molar-refractivity contribution is 5.99. The second-order valence-corrected chi connectivity index (χ2v) is 5.59. The van der Waals surface area contributed by atoms with E-state index in [1.807, 2.05) is 4.90 Å². The molecule has 0 atom stereocenters. The molecule has 0 aromatic heterocycles. The van der Waals surface area contributed by atoms with Crippen molar-refractivity contribution in [2.24, 2.45) is 5.73 Å². The largest absolute Gasteiger partial charge is 0.366 e. The summed E-state index contributed by atoms with van der Waals surface area (Å²) in [5.74, 6) is -0.531. The molecule has 2 heterocycles. The van der Waals surface area contributed by atoms with Gasteiger partial charge in [-0.3, -0.25) is 14.5 Å². The van der Waals surface area contributed by atoms with Gasteiger partial charge in [0, 0.05) is 56.4 Å². The molecular formula is C15H20N4O2. The van der Waals surface area contributed by atoms with E-state index >= 15 is 0 Å². The Morgan fingerprint density at radius 3 is 2.33 bits per heavy atom. The van der Waals surface area contributed by atoms with E-state index in [4.69, 9.17) is 5.73 Å². The van der Waals surface area contributed by atoms with E-state index in [1.54, 1.807) is 24.3 Å². The summed E-state index contributed by atoms with van der Waals surface area (Å²) in [6.45, 7) is 5.39. The van der Waals surface area contributed by atoms with Gasteiger partial charge in [0.25, 0.3) is 5.91 Å². The summed E-state index contributed by atoms with van der Waals surface area (Å²) in [5, 5.41) is 3.27. The lowest BCUT2D eigenvalue weighted by molar-refractivity contribution is 0.0502. The highest BCUT2D eigenvalue weighted by Crippen LogP contribution is 2.13. The van der Waals surface area contributed by atoms with Crippen molar-refractivity contribution < 1.29 is 9.59 Å². The van der Waals surface area contributed by atoms with Gasteiger partial charge in [0.05, 0.1) is 0 Å². The maximum Gasteiger partial charge on any atom is 0.253 e. The van der Waals surface area contributed by atoms with Crippen LogP contribution in [-0.4, -0.2) is 66.9 Å². The predicted molar refractivity (Wildman–Crippen MR) is 79.1 cm³/mol. The molecule has 0 aliphatic carbocycles. The zero-order chi connectivity index (χ0) is 14.8. The van der Waals surface area contributed by atoms with Crippen LogP contribution in [0.5, 0.6) is 0 Å². The Labute approximate surface area is 123 Å². The normalized spacial score (nSPS) is 20.1. The van der Waals surface area contributed by atoms with Gasteiger partial charge in [-0.25, -0.2) is 0 Å². The Bertz CT molecular complexity index is 548. The van der Waals surface area contributed by atoms with Crippen molar-refractivity contribution in [3.63, 3.8) is 0 Å². The molecule has 6 nitrogen and oxygen atoms in total. The van der Waals surface area contributed by atoms with Crippen LogP contribution in [0.1, 0.15) is 20.7 Å². The average molecular weight is 288 g/mol. The van der Waals surface area contributed by atoms with E-state index in [0.29, 0.717) is 17.2 Å². The molecule has 0 bridgehead atoms. The number of nitrogens with one attached hydrogen (secondary N) is 1. The van der Waals surface area contributed by atoms with Crippen molar-refractivity contribution in [3.05, 3.63) is 35.4 Å². The molecule has 1 aromatic carbocycles. The van der Waals surface area contributed by atoms with E-state index < -0.39 is 5.91 Å². The quantitative estimate of drug-likeness (QED) is 0.787. The zero-order valence-corrected chi connectivity index (χ0v) is 11.9. The lowest BCUT2D eigenvalue weighted by atomic mass is 10.1. The molecule has 0 spiro atoms. The molecule has 1 aromatic rings. The minimum absolute atomic E-state index is 0.0236. The summed E-state index contributed by atoms with van der Waals surface area (Å²) in [5.41, 5.74) is 6.17. The average Bonchev–Trinajstić information content (AvgIpc) is 2.46. The monoisotopic (exact) mass is 288 g/mol. The number of carbonyl (C=O) groups excluding carboxylic acids is 2. The van der Waals surface area contributed by atoms with E-state index in [0.717, 1.165) is 39.3 Å². The summed E-state index contributed by atoms with van der Waals surface area (Å²) in [6, 6.07) is 7.26. The number of rotatable bonds is 3. The van der Waals surface area contributed by atoms with Gasteiger partial charge in [-0.05, 0) is 18.2 Å². The summed E-state index contributed by atoms with van der Waals surface area (Å²) in [7, 11) is 0. The van der Waals surface area contributed by atoms with E-state index in [1.165, 1.54) is 0 Å². The molecule has 2 aliphatic rings. The van der Waals surface area contributed by atoms with Gasteiger partial charge in [0.1, 0.15) is 0 Å². The SMILES string of the molecule is NC(=O)c1cccc(C(=O)N2CCN(C3CNC3)CC2)c1. The predicted octanol–water partition coefficient (Wildman–Crippen LogP) is -0.485. The van der Waals surface area contributed by atoms with Gasteiger partial charge in [-0.1, -0.05) is 6.07 Å². The van der Waals surface area contributed by atoms with Gasteiger partial charge >= 0.3 is 0 Å². The van der Waals surface area contributed by atoms with Crippen LogP contribution in [0.3, 0.4) is 0 Å². The second-order valence-electron chi connectivity index (χ2n) is 5.59. The lowest BCUT2D eigenvalue weighted by Gasteiger charge is -2.43. The first-order chi connectivity index (χ1) is 10.1. The number of amides is 2. The van der Waals surface area contributed by atoms with Gasteiger partial charge < -0.3 is 16.0 Å². The highest BCUT2D eigenvalue weighted by Gasteiger charge is 2.29. The first-order valence-corrected chi connectivity index (χ1v) is 7.29. The number of benzene rings is 1. The first-order valence-electron chi connectivity index (χ1n) is 7.29. The minimum atomic E-state index is -0.507. The fourth-order valence-electron chi connectivity index (χ4n) is 2.81. The van der Waals surface area contributed by atoms with Crippen molar-refractivity contribution in [1.29, 1.82) is 0 Å². The smallest absolute Gasteiger partial charge is 0.253 e. The van der Waals surface area contributed by atoms with Crippen LogP contribution >= 0.6 is 0 Å². The van der Waals surface area contributed by atoms with Gasteiger partial charge in [0.15, 0.2) is 0 Å². The molecule has 3 rings (SSSR count). The van der Waals surface area contributed by atoms with E-state index in [2.05, 4.69) is 10.2 Å². The number of nitrogens with zero attached hydrogens (tertiary/aromatic N) is 2. The third kappa shape index (κ3) is 2.91. The molecule has 2 amide bonds. The summed E-state index contributed by atoms with van der Waals surface area (Å²) in [6.07, 6.45) is 0. The topological polar surface area (TPSA) is 78.7 Å². The number of hydrogen-bond donors (Lipinski definition) is 2. The zero-order valence-electron chi connectivity index (χ0n) is 11.9. The molecule has 112 valence electrons. The van der Waals surface area contributed by atoms with Gasteiger partial charge in [-0.2, -0.15) is 0 Å². The summed E-state index contributed by atoms with van der Waals surface area (Å²) < 4.78 is 0. The molecule has 21 heavy (non-hydrogen) atoms. The molecule has 2 aliphatic heterocycles. The molecule has 3 N–H and O–H groups in total.